The Kier molecular flexibility index (Phi) is 4.83. The van der Waals surface area contributed by atoms with E-state index in [0.717, 1.165) is 6.42 Å². The van der Waals surface area contributed by atoms with Gasteiger partial charge in [0.15, 0.2) is 0 Å². The monoisotopic (exact) mass is 148 g/mol. The minimum atomic E-state index is -0.250. The molecule has 1 nitrogen and oxygen atoms in total. The molecule has 0 radical (unpaired) electrons. The summed E-state index contributed by atoms with van der Waals surface area (Å²) in [5.74, 6) is 0.174. The third-order valence-electron chi connectivity index (χ3n) is 1.40. The number of hydrogen-bond acceptors (Lipinski definition) is 1. The fourth-order valence-electron chi connectivity index (χ4n) is 0.615. The SMILES string of the molecule is CC[C@@H](O)[C@@H](C)/C=C\Cl. The molecule has 0 heterocycles. The number of halogens is 1. The van der Waals surface area contributed by atoms with Crippen LogP contribution in [0.15, 0.2) is 11.6 Å². The van der Waals surface area contributed by atoms with Crippen LogP contribution in [0.5, 0.6) is 0 Å². The Morgan fingerprint density at radius 3 is 2.56 bits per heavy atom. The second-order valence-electron chi connectivity index (χ2n) is 2.15. The zero-order valence-electron chi connectivity index (χ0n) is 5.84. The highest BCUT2D eigenvalue weighted by atomic mass is 35.5. The summed E-state index contributed by atoms with van der Waals surface area (Å²) in [6, 6.07) is 0. The van der Waals surface area contributed by atoms with Crippen LogP contribution >= 0.6 is 11.6 Å². The van der Waals surface area contributed by atoms with Crippen LogP contribution in [0.25, 0.3) is 0 Å². The van der Waals surface area contributed by atoms with Gasteiger partial charge in [0.05, 0.1) is 6.10 Å². The van der Waals surface area contributed by atoms with Crippen LogP contribution < -0.4 is 0 Å². The highest BCUT2D eigenvalue weighted by Crippen LogP contribution is 2.07. The molecule has 0 spiro atoms. The van der Waals surface area contributed by atoms with Gasteiger partial charge in [0, 0.05) is 11.5 Å². The van der Waals surface area contributed by atoms with Gasteiger partial charge in [0.25, 0.3) is 0 Å². The van der Waals surface area contributed by atoms with E-state index in [4.69, 9.17) is 16.7 Å². The number of aliphatic hydroxyl groups excluding tert-OH is 1. The van der Waals surface area contributed by atoms with E-state index in [0.29, 0.717) is 0 Å². The highest BCUT2D eigenvalue weighted by Gasteiger charge is 2.06. The van der Waals surface area contributed by atoms with Crippen molar-refractivity contribution in [1.29, 1.82) is 0 Å². The maximum Gasteiger partial charge on any atom is 0.0597 e. The van der Waals surface area contributed by atoms with Crippen molar-refractivity contribution in [2.75, 3.05) is 0 Å². The Morgan fingerprint density at radius 2 is 2.22 bits per heavy atom. The Morgan fingerprint density at radius 1 is 1.67 bits per heavy atom. The summed E-state index contributed by atoms with van der Waals surface area (Å²) in [6.07, 6.45) is 2.32. The van der Waals surface area contributed by atoms with E-state index in [1.54, 1.807) is 6.08 Å². The van der Waals surface area contributed by atoms with Gasteiger partial charge in [0.1, 0.15) is 0 Å². The Hall–Kier alpha value is -0.0100. The number of rotatable bonds is 3. The smallest absolute Gasteiger partial charge is 0.0597 e. The van der Waals surface area contributed by atoms with Crippen molar-refractivity contribution in [2.24, 2.45) is 5.92 Å². The van der Waals surface area contributed by atoms with Crippen molar-refractivity contribution >= 4 is 11.6 Å². The quantitative estimate of drug-likeness (QED) is 0.650. The van der Waals surface area contributed by atoms with Crippen LogP contribution in [0.4, 0.5) is 0 Å². The molecule has 0 aliphatic rings. The third-order valence-corrected chi connectivity index (χ3v) is 1.55. The second kappa shape index (κ2) is 4.83. The van der Waals surface area contributed by atoms with Gasteiger partial charge < -0.3 is 5.11 Å². The van der Waals surface area contributed by atoms with E-state index in [-0.39, 0.29) is 12.0 Å². The van der Waals surface area contributed by atoms with E-state index in [1.807, 2.05) is 13.8 Å². The lowest BCUT2D eigenvalue weighted by molar-refractivity contribution is 0.134. The molecule has 0 aliphatic heterocycles. The van der Waals surface area contributed by atoms with Crippen molar-refractivity contribution < 1.29 is 5.11 Å². The zero-order chi connectivity index (χ0) is 7.28. The molecule has 9 heavy (non-hydrogen) atoms. The number of hydrogen-bond donors (Lipinski definition) is 1. The van der Waals surface area contributed by atoms with E-state index >= 15 is 0 Å². The molecular formula is C7H13ClO. The van der Waals surface area contributed by atoms with Crippen molar-refractivity contribution in [3.8, 4) is 0 Å². The largest absolute Gasteiger partial charge is 0.393 e. The maximum absolute atomic E-state index is 9.15. The summed E-state index contributed by atoms with van der Waals surface area (Å²) in [7, 11) is 0. The normalized spacial score (nSPS) is 18.2. The fraction of sp³-hybridized carbons (Fsp3) is 0.714. The van der Waals surface area contributed by atoms with Crippen LogP contribution in [-0.4, -0.2) is 11.2 Å². The standard InChI is InChI=1S/C7H13ClO/c1-3-7(9)6(2)4-5-8/h4-7,9H,3H2,1-2H3/b5-4-/t6-,7+/m0/s1. The van der Waals surface area contributed by atoms with Crippen LogP contribution in [0.2, 0.25) is 0 Å². The van der Waals surface area contributed by atoms with Crippen molar-refractivity contribution in [2.45, 2.75) is 26.4 Å². The van der Waals surface area contributed by atoms with Gasteiger partial charge in [-0.3, -0.25) is 0 Å². The molecular weight excluding hydrogens is 136 g/mol. The van der Waals surface area contributed by atoms with Crippen molar-refractivity contribution in [1.82, 2.24) is 0 Å². The van der Waals surface area contributed by atoms with Crippen molar-refractivity contribution in [3.63, 3.8) is 0 Å². The highest BCUT2D eigenvalue weighted by molar-refractivity contribution is 6.25. The molecule has 2 atom stereocenters. The van der Waals surface area contributed by atoms with Gasteiger partial charge in [-0.25, -0.2) is 0 Å². The Bertz CT molecular complexity index is 90.9. The topological polar surface area (TPSA) is 20.2 Å². The lowest BCUT2D eigenvalue weighted by Crippen LogP contribution is -2.13. The zero-order valence-corrected chi connectivity index (χ0v) is 6.60. The summed E-state index contributed by atoms with van der Waals surface area (Å²) in [5.41, 5.74) is 1.45. The Labute approximate surface area is 61.3 Å². The van der Waals surface area contributed by atoms with Crippen molar-refractivity contribution in [3.05, 3.63) is 11.6 Å². The molecule has 0 unspecified atom stereocenters. The second-order valence-corrected chi connectivity index (χ2v) is 2.41. The lowest BCUT2D eigenvalue weighted by atomic mass is 10.0. The van der Waals surface area contributed by atoms with Gasteiger partial charge in [0.2, 0.25) is 0 Å². The van der Waals surface area contributed by atoms with Gasteiger partial charge >= 0.3 is 0 Å². The minimum absolute atomic E-state index is 0.174. The first-order chi connectivity index (χ1) is 4.22. The van der Waals surface area contributed by atoms with E-state index in [9.17, 15) is 0 Å². The van der Waals surface area contributed by atoms with Gasteiger partial charge in [-0.05, 0) is 6.42 Å². The lowest BCUT2D eigenvalue weighted by Gasteiger charge is -2.11. The molecule has 0 aliphatic carbocycles. The molecule has 0 aromatic carbocycles. The summed E-state index contributed by atoms with van der Waals surface area (Å²) in [5, 5.41) is 9.15. The predicted molar refractivity (Wildman–Crippen MR) is 40.5 cm³/mol. The van der Waals surface area contributed by atoms with Gasteiger partial charge in [-0.2, -0.15) is 0 Å². The summed E-state index contributed by atoms with van der Waals surface area (Å²) in [6.45, 7) is 3.89. The van der Waals surface area contributed by atoms with E-state index in [1.165, 1.54) is 5.54 Å². The van der Waals surface area contributed by atoms with Gasteiger partial charge in [-0.1, -0.05) is 31.5 Å². The molecule has 0 aromatic rings. The summed E-state index contributed by atoms with van der Waals surface area (Å²) < 4.78 is 0. The maximum atomic E-state index is 9.15. The van der Waals surface area contributed by atoms with E-state index < -0.39 is 0 Å². The minimum Gasteiger partial charge on any atom is -0.393 e. The molecule has 0 saturated carbocycles. The molecule has 54 valence electrons. The first-order valence-corrected chi connectivity index (χ1v) is 3.61. The number of aliphatic hydroxyl groups is 1. The molecule has 0 saturated heterocycles. The molecule has 0 fully saturated rings. The van der Waals surface area contributed by atoms with Gasteiger partial charge in [-0.15, -0.1) is 0 Å². The van der Waals surface area contributed by atoms with Crippen LogP contribution in [0.1, 0.15) is 20.3 Å². The molecule has 2 heteroatoms. The van der Waals surface area contributed by atoms with Crippen LogP contribution in [0.3, 0.4) is 0 Å². The molecule has 0 bridgehead atoms. The van der Waals surface area contributed by atoms with Crippen LogP contribution in [0, 0.1) is 5.92 Å². The Balaban J connectivity index is 3.58. The average molecular weight is 149 g/mol. The molecule has 0 aromatic heterocycles. The summed E-state index contributed by atoms with van der Waals surface area (Å²) in [4.78, 5) is 0. The molecule has 0 amide bonds. The third kappa shape index (κ3) is 3.55. The van der Waals surface area contributed by atoms with Crippen LogP contribution in [-0.2, 0) is 0 Å². The first-order valence-electron chi connectivity index (χ1n) is 3.17. The molecule has 1 N–H and O–H groups in total. The fourth-order valence-corrected chi connectivity index (χ4v) is 0.844. The molecule has 0 rings (SSSR count). The predicted octanol–water partition coefficient (Wildman–Crippen LogP) is 2.15. The average Bonchev–Trinajstić information content (AvgIpc) is 1.87. The van der Waals surface area contributed by atoms with E-state index in [2.05, 4.69) is 0 Å². The summed E-state index contributed by atoms with van der Waals surface area (Å²) >= 11 is 5.31. The first kappa shape index (κ1) is 8.99.